The van der Waals surface area contributed by atoms with Crippen molar-refractivity contribution in [2.45, 2.75) is 50.0 Å². The van der Waals surface area contributed by atoms with Gasteiger partial charge in [0.15, 0.2) is 5.11 Å². The van der Waals surface area contributed by atoms with Crippen LogP contribution in [0.5, 0.6) is 0 Å². The van der Waals surface area contributed by atoms with Gasteiger partial charge in [-0.15, -0.1) is 0 Å². The Morgan fingerprint density at radius 2 is 1.79 bits per heavy atom. The number of hydrogen-bond donors (Lipinski definition) is 3. The van der Waals surface area contributed by atoms with Gasteiger partial charge in [-0.2, -0.15) is 0 Å². The minimum absolute atomic E-state index is 0.125. The number of rotatable bonds is 5. The lowest BCUT2D eigenvalue weighted by Crippen LogP contribution is -2.39. The predicted molar refractivity (Wildman–Crippen MR) is 120 cm³/mol. The van der Waals surface area contributed by atoms with E-state index >= 15 is 0 Å². The van der Waals surface area contributed by atoms with Gasteiger partial charge in [-0.3, -0.25) is 4.72 Å². The van der Waals surface area contributed by atoms with Crippen molar-refractivity contribution in [3.8, 4) is 0 Å². The number of para-hydroxylation sites is 1. The number of nitrogens with one attached hydrogen (secondary N) is 3. The van der Waals surface area contributed by atoms with E-state index in [0.717, 1.165) is 18.4 Å². The van der Waals surface area contributed by atoms with E-state index in [2.05, 4.69) is 15.4 Å². The fourth-order valence-electron chi connectivity index (χ4n) is 3.29. The van der Waals surface area contributed by atoms with Crippen LogP contribution in [-0.2, 0) is 10.0 Å². The van der Waals surface area contributed by atoms with E-state index in [4.69, 9.17) is 23.8 Å². The van der Waals surface area contributed by atoms with E-state index in [0.29, 0.717) is 27.6 Å². The van der Waals surface area contributed by atoms with Gasteiger partial charge >= 0.3 is 0 Å². The summed E-state index contributed by atoms with van der Waals surface area (Å²) >= 11 is 11.5. The summed E-state index contributed by atoms with van der Waals surface area (Å²) in [5.74, 6) is 0. The van der Waals surface area contributed by atoms with Crippen molar-refractivity contribution in [2.75, 3.05) is 10.0 Å². The molecule has 0 amide bonds. The van der Waals surface area contributed by atoms with Crippen LogP contribution in [0.25, 0.3) is 0 Å². The Labute approximate surface area is 176 Å². The molecule has 0 aliphatic heterocycles. The Bertz CT molecular complexity index is 958. The molecule has 0 radical (unpaired) electrons. The maximum absolute atomic E-state index is 13.0. The van der Waals surface area contributed by atoms with Crippen LogP contribution >= 0.6 is 23.8 Å². The average molecular weight is 438 g/mol. The Morgan fingerprint density at radius 1 is 1.07 bits per heavy atom. The van der Waals surface area contributed by atoms with Crippen LogP contribution < -0.4 is 15.4 Å². The maximum atomic E-state index is 13.0. The lowest BCUT2D eigenvalue weighted by atomic mass is 9.96. The first-order valence-electron chi connectivity index (χ1n) is 9.31. The van der Waals surface area contributed by atoms with Gasteiger partial charge in [0.05, 0.1) is 16.4 Å². The van der Waals surface area contributed by atoms with E-state index in [9.17, 15) is 8.42 Å². The summed E-state index contributed by atoms with van der Waals surface area (Å²) in [4.78, 5) is 0.125. The number of aryl methyl sites for hydroxylation is 1. The van der Waals surface area contributed by atoms with E-state index in [1.54, 1.807) is 36.4 Å². The van der Waals surface area contributed by atoms with Crippen LogP contribution in [-0.4, -0.2) is 19.6 Å². The first kappa shape index (κ1) is 20.9. The normalized spacial score (nSPS) is 15.1. The fraction of sp³-hybridized carbons (Fsp3) is 0.350. The van der Waals surface area contributed by atoms with Gasteiger partial charge in [-0.25, -0.2) is 8.42 Å². The molecule has 0 bridgehead atoms. The molecule has 1 aliphatic rings. The zero-order valence-electron chi connectivity index (χ0n) is 15.7. The van der Waals surface area contributed by atoms with Crippen LogP contribution in [0.1, 0.15) is 37.7 Å². The minimum atomic E-state index is -3.85. The third-order valence-electron chi connectivity index (χ3n) is 4.73. The highest BCUT2D eigenvalue weighted by molar-refractivity contribution is 7.93. The summed E-state index contributed by atoms with van der Waals surface area (Å²) < 4.78 is 28.6. The lowest BCUT2D eigenvalue weighted by Gasteiger charge is -2.25. The molecule has 0 spiro atoms. The number of anilines is 2. The van der Waals surface area contributed by atoms with Crippen molar-refractivity contribution in [3.63, 3.8) is 0 Å². The molecule has 2 aromatic rings. The molecular weight excluding hydrogens is 414 g/mol. The first-order valence-corrected chi connectivity index (χ1v) is 11.6. The third-order valence-corrected chi connectivity index (χ3v) is 6.69. The topological polar surface area (TPSA) is 70.2 Å². The molecule has 3 rings (SSSR count). The molecule has 2 aromatic carbocycles. The van der Waals surface area contributed by atoms with Crippen LogP contribution in [0.2, 0.25) is 5.02 Å². The second-order valence-corrected chi connectivity index (χ2v) is 9.48. The monoisotopic (exact) mass is 437 g/mol. The number of sulfonamides is 1. The average Bonchev–Trinajstić information content (AvgIpc) is 2.65. The minimum Gasteiger partial charge on any atom is -0.360 e. The highest BCUT2D eigenvalue weighted by Crippen LogP contribution is 2.28. The summed E-state index contributed by atoms with van der Waals surface area (Å²) in [5, 5.41) is 7.13. The van der Waals surface area contributed by atoms with Gasteiger partial charge in [0.1, 0.15) is 4.90 Å². The number of hydrogen-bond acceptors (Lipinski definition) is 3. The van der Waals surface area contributed by atoms with Gasteiger partial charge in [0.2, 0.25) is 0 Å². The molecule has 1 fully saturated rings. The van der Waals surface area contributed by atoms with Crippen molar-refractivity contribution < 1.29 is 8.42 Å². The largest absolute Gasteiger partial charge is 0.360 e. The smallest absolute Gasteiger partial charge is 0.264 e. The maximum Gasteiger partial charge on any atom is 0.264 e. The van der Waals surface area contributed by atoms with E-state index in [-0.39, 0.29) is 4.90 Å². The lowest BCUT2D eigenvalue weighted by molar-refractivity contribution is 0.415. The molecule has 28 heavy (non-hydrogen) atoms. The molecule has 0 heterocycles. The van der Waals surface area contributed by atoms with Gasteiger partial charge in [-0.05, 0) is 61.8 Å². The van der Waals surface area contributed by atoms with Crippen LogP contribution in [0, 0.1) is 6.92 Å². The Kier molecular flexibility index (Phi) is 6.80. The molecule has 5 nitrogen and oxygen atoms in total. The quantitative estimate of drug-likeness (QED) is 0.570. The molecule has 8 heteroatoms. The molecule has 3 N–H and O–H groups in total. The van der Waals surface area contributed by atoms with Crippen molar-refractivity contribution in [1.29, 1.82) is 0 Å². The molecular formula is C20H24ClN3O2S2. The summed E-state index contributed by atoms with van der Waals surface area (Å²) in [6.45, 7) is 1.84. The second kappa shape index (κ2) is 9.11. The molecule has 1 saturated carbocycles. The molecule has 0 atom stereocenters. The zero-order valence-corrected chi connectivity index (χ0v) is 18.1. The standard InChI is InChI=1S/C20H24ClN3O2S2/c1-14-11-12-18(23-20(27)22-15-7-3-2-4-8-15)19(13-14)28(25,26)24-17-10-6-5-9-16(17)21/h5-6,9-13,15,24H,2-4,7-8H2,1H3,(H2,22,23,27). The number of benzene rings is 2. The number of thiocarbonyl (C=S) groups is 1. The molecule has 0 saturated heterocycles. The fourth-order valence-corrected chi connectivity index (χ4v) is 5.13. The summed E-state index contributed by atoms with van der Waals surface area (Å²) in [6, 6.07) is 12.3. The van der Waals surface area contributed by atoms with Gasteiger partial charge < -0.3 is 10.6 Å². The second-order valence-electron chi connectivity index (χ2n) is 7.02. The Morgan fingerprint density at radius 3 is 2.50 bits per heavy atom. The van der Waals surface area contributed by atoms with E-state index in [1.807, 2.05) is 13.0 Å². The van der Waals surface area contributed by atoms with Crippen molar-refractivity contribution in [3.05, 3.63) is 53.1 Å². The predicted octanol–water partition coefficient (Wildman–Crippen LogP) is 5.07. The molecule has 0 aromatic heterocycles. The zero-order chi connectivity index (χ0) is 20.1. The van der Waals surface area contributed by atoms with Gasteiger partial charge in [0.25, 0.3) is 10.0 Å². The Balaban J connectivity index is 1.81. The molecule has 150 valence electrons. The summed E-state index contributed by atoms with van der Waals surface area (Å²) in [5.41, 5.74) is 1.59. The summed E-state index contributed by atoms with van der Waals surface area (Å²) in [7, 11) is -3.85. The molecule has 0 unspecified atom stereocenters. The highest BCUT2D eigenvalue weighted by Gasteiger charge is 2.21. The van der Waals surface area contributed by atoms with Crippen LogP contribution in [0.3, 0.4) is 0 Å². The van der Waals surface area contributed by atoms with Gasteiger partial charge in [-0.1, -0.05) is 49.1 Å². The number of halogens is 1. The van der Waals surface area contributed by atoms with E-state index < -0.39 is 10.0 Å². The van der Waals surface area contributed by atoms with Crippen LogP contribution in [0.15, 0.2) is 47.4 Å². The SMILES string of the molecule is Cc1ccc(NC(=S)NC2CCCCC2)c(S(=O)(=O)Nc2ccccc2Cl)c1. The van der Waals surface area contributed by atoms with Gasteiger partial charge in [0, 0.05) is 6.04 Å². The highest BCUT2D eigenvalue weighted by atomic mass is 35.5. The Hall–Kier alpha value is -1.83. The molecule has 1 aliphatic carbocycles. The van der Waals surface area contributed by atoms with E-state index in [1.165, 1.54) is 19.3 Å². The van der Waals surface area contributed by atoms with Crippen molar-refractivity contribution in [2.24, 2.45) is 0 Å². The van der Waals surface area contributed by atoms with Crippen molar-refractivity contribution >= 4 is 50.3 Å². The van der Waals surface area contributed by atoms with Crippen molar-refractivity contribution in [1.82, 2.24) is 5.32 Å². The first-order chi connectivity index (χ1) is 13.3. The van der Waals surface area contributed by atoms with Crippen LogP contribution in [0.4, 0.5) is 11.4 Å². The summed E-state index contributed by atoms with van der Waals surface area (Å²) in [6.07, 6.45) is 5.79. The third kappa shape index (κ3) is 5.37.